The van der Waals surface area contributed by atoms with E-state index in [1.165, 1.54) is 29.2 Å². The fourth-order valence-electron chi connectivity index (χ4n) is 6.14. The molecule has 3 aromatic rings. The zero-order valence-electron chi connectivity index (χ0n) is 24.4. The lowest BCUT2D eigenvalue weighted by molar-refractivity contribution is -0.149. The summed E-state index contributed by atoms with van der Waals surface area (Å²) in [5.74, 6) is -2.45. The number of rotatable bonds is 7. The van der Waals surface area contributed by atoms with Crippen molar-refractivity contribution in [1.82, 2.24) is 9.80 Å². The smallest absolute Gasteiger partial charge is 0.335 e. The van der Waals surface area contributed by atoms with Gasteiger partial charge in [-0.25, -0.2) is 9.18 Å². The number of carboxylic acids is 1. The minimum Gasteiger partial charge on any atom is -0.478 e. The molecule has 6 rings (SSSR count). The minimum absolute atomic E-state index is 0.000457. The Morgan fingerprint density at radius 3 is 2.53 bits per heavy atom. The van der Waals surface area contributed by atoms with Gasteiger partial charge in [0.05, 0.1) is 22.8 Å². The Morgan fingerprint density at radius 2 is 1.80 bits per heavy atom. The number of halogens is 2. The fourth-order valence-corrected chi connectivity index (χ4v) is 6.31. The van der Waals surface area contributed by atoms with E-state index in [0.29, 0.717) is 30.6 Å². The average molecular weight is 633 g/mol. The fraction of sp³-hybridized carbons (Fsp3) is 0.303. The van der Waals surface area contributed by atoms with Gasteiger partial charge >= 0.3 is 5.97 Å². The first-order chi connectivity index (χ1) is 21.6. The Morgan fingerprint density at radius 1 is 1.04 bits per heavy atom. The Labute approximate surface area is 263 Å². The van der Waals surface area contributed by atoms with Crippen molar-refractivity contribution in [2.24, 2.45) is 5.16 Å². The molecule has 1 fully saturated rings. The summed E-state index contributed by atoms with van der Waals surface area (Å²) >= 11 is 5.95. The van der Waals surface area contributed by atoms with Crippen LogP contribution in [0.1, 0.15) is 45.1 Å². The molecule has 1 N–H and O–H groups in total. The molecule has 0 bridgehead atoms. The van der Waals surface area contributed by atoms with Crippen LogP contribution in [0.3, 0.4) is 0 Å². The van der Waals surface area contributed by atoms with Crippen LogP contribution in [-0.4, -0.2) is 83.5 Å². The Balaban J connectivity index is 1.31. The highest BCUT2D eigenvalue weighted by atomic mass is 35.5. The van der Waals surface area contributed by atoms with Crippen LogP contribution in [-0.2, 0) is 32.1 Å². The standard InChI is InChI=1S/C33H30ClFN4O6/c1-37-14-15-38(18-29(37)41)26-7-3-4-22-21(26)12-13-39(31(22)27(40)16-19-8-10-20(11-9-19)33(43)44)32(42)28-17-25(36-45-28)23-5-2-6-24(34)30(23)35/h2-11,28,31H,12-18H2,1H3,(H,43,44). The number of likely N-dealkylation sites (N-methyl/N-ethyl adjacent to an activating group) is 1. The topological polar surface area (TPSA) is 120 Å². The third kappa shape index (κ3) is 5.87. The number of carboxylic acid groups (broad SMARTS) is 1. The molecule has 232 valence electrons. The van der Waals surface area contributed by atoms with Crippen LogP contribution in [0.15, 0.2) is 65.8 Å². The van der Waals surface area contributed by atoms with E-state index in [-0.39, 0.29) is 59.5 Å². The normalized spacial score (nSPS) is 19.6. The predicted molar refractivity (Wildman–Crippen MR) is 164 cm³/mol. The van der Waals surface area contributed by atoms with Gasteiger partial charge in [0.25, 0.3) is 5.91 Å². The number of hydrogen-bond donors (Lipinski definition) is 1. The number of nitrogens with zero attached hydrogens (tertiary/aromatic N) is 4. The van der Waals surface area contributed by atoms with E-state index in [4.69, 9.17) is 16.4 Å². The molecule has 2 atom stereocenters. The molecule has 12 heteroatoms. The summed E-state index contributed by atoms with van der Waals surface area (Å²) in [7, 11) is 1.77. The van der Waals surface area contributed by atoms with Gasteiger partial charge in [0, 0.05) is 50.8 Å². The third-order valence-corrected chi connectivity index (χ3v) is 8.86. The Bertz CT molecular complexity index is 1730. The molecule has 2 unspecified atom stereocenters. The molecule has 0 saturated carbocycles. The number of fused-ring (bicyclic) bond motifs is 1. The van der Waals surface area contributed by atoms with E-state index >= 15 is 0 Å². The molecular weight excluding hydrogens is 603 g/mol. The number of carbonyl (C=O) groups excluding carboxylic acids is 3. The van der Waals surface area contributed by atoms with Gasteiger partial charge in [0.15, 0.2) is 11.6 Å². The SMILES string of the molecule is CN1CCN(c2cccc3c2CCN(C(=O)C2CC(c4cccc(Cl)c4F)=NO2)C3C(=O)Cc2ccc(C(=O)O)cc2)CC1=O. The molecule has 3 aliphatic heterocycles. The van der Waals surface area contributed by atoms with Gasteiger partial charge in [-0.3, -0.25) is 14.4 Å². The van der Waals surface area contributed by atoms with E-state index in [9.17, 15) is 28.7 Å². The van der Waals surface area contributed by atoms with Gasteiger partial charge < -0.3 is 24.6 Å². The first-order valence-electron chi connectivity index (χ1n) is 14.6. The van der Waals surface area contributed by atoms with E-state index in [1.807, 2.05) is 23.1 Å². The van der Waals surface area contributed by atoms with E-state index in [1.54, 1.807) is 30.1 Å². The summed E-state index contributed by atoms with van der Waals surface area (Å²) in [5.41, 5.74) is 3.49. The summed E-state index contributed by atoms with van der Waals surface area (Å²) < 4.78 is 14.7. The van der Waals surface area contributed by atoms with Crippen LogP contribution in [0.25, 0.3) is 0 Å². The maximum Gasteiger partial charge on any atom is 0.335 e. The molecular formula is C33H30ClFN4O6. The van der Waals surface area contributed by atoms with Crippen molar-refractivity contribution in [2.75, 3.05) is 38.1 Å². The molecule has 45 heavy (non-hydrogen) atoms. The number of Topliss-reactive ketones (excluding diaryl/α,β-unsaturated/α-hetero) is 1. The number of oxime groups is 1. The van der Waals surface area contributed by atoms with Crippen LogP contribution in [0.4, 0.5) is 10.1 Å². The summed E-state index contributed by atoms with van der Waals surface area (Å²) in [4.78, 5) is 62.7. The van der Waals surface area contributed by atoms with Crippen molar-refractivity contribution < 1.29 is 33.5 Å². The summed E-state index contributed by atoms with van der Waals surface area (Å²) in [5, 5.41) is 13.2. The molecule has 10 nitrogen and oxygen atoms in total. The number of ketones is 1. The van der Waals surface area contributed by atoms with Gasteiger partial charge in [-0.1, -0.05) is 47.1 Å². The van der Waals surface area contributed by atoms with Gasteiger partial charge in [-0.05, 0) is 53.4 Å². The Kier molecular flexibility index (Phi) is 8.28. The number of benzene rings is 3. The largest absolute Gasteiger partial charge is 0.478 e. The number of piperazine rings is 1. The Hall–Kier alpha value is -4.77. The highest BCUT2D eigenvalue weighted by molar-refractivity contribution is 6.31. The lowest BCUT2D eigenvalue weighted by Crippen LogP contribution is -2.50. The first-order valence-corrected chi connectivity index (χ1v) is 14.9. The lowest BCUT2D eigenvalue weighted by atomic mass is 9.86. The van der Waals surface area contributed by atoms with Gasteiger partial charge in [-0.2, -0.15) is 0 Å². The van der Waals surface area contributed by atoms with Crippen LogP contribution in [0, 0.1) is 5.82 Å². The maximum atomic E-state index is 14.7. The molecule has 3 heterocycles. The van der Waals surface area contributed by atoms with E-state index < -0.39 is 29.8 Å². The van der Waals surface area contributed by atoms with Gasteiger partial charge in [0.2, 0.25) is 12.0 Å². The van der Waals surface area contributed by atoms with Crippen molar-refractivity contribution in [3.63, 3.8) is 0 Å². The molecule has 0 radical (unpaired) electrons. The highest BCUT2D eigenvalue weighted by Gasteiger charge is 2.42. The molecule has 2 amide bonds. The van der Waals surface area contributed by atoms with Crippen molar-refractivity contribution in [3.8, 4) is 0 Å². The van der Waals surface area contributed by atoms with Crippen molar-refractivity contribution in [1.29, 1.82) is 0 Å². The molecule has 3 aromatic carbocycles. The van der Waals surface area contributed by atoms with Crippen molar-refractivity contribution >= 4 is 46.6 Å². The van der Waals surface area contributed by atoms with E-state index in [2.05, 4.69) is 5.16 Å². The second-order valence-electron chi connectivity index (χ2n) is 11.3. The summed E-state index contributed by atoms with van der Waals surface area (Å²) in [6.07, 6.45) is -0.673. The third-order valence-electron chi connectivity index (χ3n) is 8.57. The van der Waals surface area contributed by atoms with Crippen LogP contribution < -0.4 is 4.90 Å². The van der Waals surface area contributed by atoms with E-state index in [0.717, 1.165) is 11.3 Å². The number of aromatic carboxylic acids is 1. The minimum atomic E-state index is -1.07. The monoisotopic (exact) mass is 632 g/mol. The molecule has 0 spiro atoms. The summed E-state index contributed by atoms with van der Waals surface area (Å²) in [6.45, 7) is 1.61. The van der Waals surface area contributed by atoms with Gasteiger partial charge in [0.1, 0.15) is 6.04 Å². The average Bonchev–Trinajstić information content (AvgIpc) is 3.53. The number of hydrogen-bond acceptors (Lipinski definition) is 7. The van der Waals surface area contributed by atoms with Gasteiger partial charge in [-0.15, -0.1) is 0 Å². The van der Waals surface area contributed by atoms with Crippen LogP contribution in [0.2, 0.25) is 5.02 Å². The van der Waals surface area contributed by atoms with Crippen LogP contribution in [0.5, 0.6) is 0 Å². The van der Waals surface area contributed by atoms with Crippen molar-refractivity contribution in [2.45, 2.75) is 31.4 Å². The number of amides is 2. The second kappa shape index (κ2) is 12.3. The maximum absolute atomic E-state index is 14.7. The zero-order chi connectivity index (χ0) is 31.8. The highest BCUT2D eigenvalue weighted by Crippen LogP contribution is 2.38. The zero-order valence-corrected chi connectivity index (χ0v) is 25.2. The number of carbonyl (C=O) groups is 4. The lowest BCUT2D eigenvalue weighted by Gasteiger charge is -2.40. The van der Waals surface area contributed by atoms with Crippen molar-refractivity contribution in [3.05, 3.63) is 99.3 Å². The molecule has 0 aromatic heterocycles. The second-order valence-corrected chi connectivity index (χ2v) is 11.8. The number of anilines is 1. The quantitative estimate of drug-likeness (QED) is 0.420. The summed E-state index contributed by atoms with van der Waals surface area (Å²) in [6, 6.07) is 15.2. The first kappa shape index (κ1) is 30.3. The molecule has 0 aliphatic carbocycles. The van der Waals surface area contributed by atoms with Crippen LogP contribution >= 0.6 is 11.6 Å². The molecule has 3 aliphatic rings. The molecule has 1 saturated heterocycles. The predicted octanol–water partition coefficient (Wildman–Crippen LogP) is 3.89.